The summed E-state index contributed by atoms with van der Waals surface area (Å²) in [5.41, 5.74) is 7.40. The van der Waals surface area contributed by atoms with Gasteiger partial charge in [0, 0.05) is 12.0 Å². The van der Waals surface area contributed by atoms with Crippen LogP contribution >= 0.6 is 11.3 Å². The molecule has 1 aliphatic rings. The van der Waals surface area contributed by atoms with E-state index in [2.05, 4.69) is 6.07 Å². The maximum Gasteiger partial charge on any atom is 0.120 e. The fourth-order valence-corrected chi connectivity index (χ4v) is 4.06. The molecule has 2 unspecified atom stereocenters. The SMILES string of the molecule is COc1ccc2nc(C3CCCCCC3N)sc2c1. The summed E-state index contributed by atoms with van der Waals surface area (Å²) in [6.07, 6.45) is 6.15. The minimum absolute atomic E-state index is 0.268. The number of ether oxygens (including phenoxy) is 1. The lowest BCUT2D eigenvalue weighted by Crippen LogP contribution is -2.27. The number of benzene rings is 1. The highest BCUT2D eigenvalue weighted by Gasteiger charge is 2.25. The molecule has 0 bridgehead atoms. The highest BCUT2D eigenvalue weighted by molar-refractivity contribution is 7.18. The van der Waals surface area contributed by atoms with Crippen LogP contribution in [0, 0.1) is 0 Å². The van der Waals surface area contributed by atoms with Gasteiger partial charge >= 0.3 is 0 Å². The third-order valence-corrected chi connectivity index (χ3v) is 5.15. The standard InChI is InChI=1S/C15H20N2OS/c1-18-10-7-8-13-14(9-10)19-15(17-13)11-5-3-2-4-6-12(11)16/h7-9,11-12H,2-6,16H2,1H3. The van der Waals surface area contributed by atoms with Crippen LogP contribution in [0.4, 0.5) is 0 Å². The van der Waals surface area contributed by atoms with E-state index in [0.717, 1.165) is 17.7 Å². The van der Waals surface area contributed by atoms with Gasteiger partial charge in [-0.05, 0) is 31.0 Å². The van der Waals surface area contributed by atoms with Gasteiger partial charge in [-0.15, -0.1) is 11.3 Å². The van der Waals surface area contributed by atoms with Gasteiger partial charge in [-0.2, -0.15) is 0 Å². The van der Waals surface area contributed by atoms with Crippen molar-refractivity contribution in [3.8, 4) is 5.75 Å². The Bertz CT molecular complexity index is 566. The molecule has 1 fully saturated rings. The fourth-order valence-electron chi connectivity index (χ4n) is 2.85. The number of thiazole rings is 1. The van der Waals surface area contributed by atoms with Crippen molar-refractivity contribution in [2.24, 2.45) is 5.73 Å². The normalized spacial score (nSPS) is 24.3. The van der Waals surface area contributed by atoms with Crippen molar-refractivity contribution < 1.29 is 4.74 Å². The summed E-state index contributed by atoms with van der Waals surface area (Å²) in [4.78, 5) is 4.79. The Labute approximate surface area is 117 Å². The lowest BCUT2D eigenvalue weighted by molar-refractivity contribution is 0.415. The molecule has 2 aromatic rings. The van der Waals surface area contributed by atoms with Gasteiger partial charge in [-0.3, -0.25) is 0 Å². The number of nitrogens with two attached hydrogens (primary N) is 1. The number of nitrogens with zero attached hydrogens (tertiary/aromatic N) is 1. The summed E-state index contributed by atoms with van der Waals surface area (Å²) >= 11 is 1.78. The number of fused-ring (bicyclic) bond motifs is 1. The van der Waals surface area contributed by atoms with E-state index in [1.54, 1.807) is 18.4 Å². The number of hydrogen-bond donors (Lipinski definition) is 1. The van der Waals surface area contributed by atoms with E-state index in [-0.39, 0.29) is 6.04 Å². The van der Waals surface area contributed by atoms with Crippen LogP contribution in [0.5, 0.6) is 5.75 Å². The minimum Gasteiger partial charge on any atom is -0.497 e. The van der Waals surface area contributed by atoms with E-state index >= 15 is 0 Å². The highest BCUT2D eigenvalue weighted by Crippen LogP contribution is 2.36. The second-order valence-electron chi connectivity index (χ2n) is 5.29. The van der Waals surface area contributed by atoms with E-state index in [1.807, 2.05) is 12.1 Å². The lowest BCUT2D eigenvalue weighted by atomic mass is 9.96. The van der Waals surface area contributed by atoms with E-state index < -0.39 is 0 Å². The fraction of sp³-hybridized carbons (Fsp3) is 0.533. The van der Waals surface area contributed by atoms with Crippen molar-refractivity contribution >= 4 is 21.6 Å². The molecule has 0 amide bonds. The van der Waals surface area contributed by atoms with Gasteiger partial charge < -0.3 is 10.5 Å². The predicted molar refractivity (Wildman–Crippen MR) is 80.0 cm³/mol. The molecule has 0 saturated heterocycles. The Morgan fingerprint density at radius 2 is 2.11 bits per heavy atom. The number of rotatable bonds is 2. The van der Waals surface area contributed by atoms with Gasteiger partial charge in [0.25, 0.3) is 0 Å². The van der Waals surface area contributed by atoms with Gasteiger partial charge in [0.15, 0.2) is 0 Å². The highest BCUT2D eigenvalue weighted by atomic mass is 32.1. The summed E-state index contributed by atoms with van der Waals surface area (Å²) in [7, 11) is 1.70. The summed E-state index contributed by atoms with van der Waals surface area (Å²) in [6, 6.07) is 6.35. The Morgan fingerprint density at radius 1 is 1.26 bits per heavy atom. The van der Waals surface area contributed by atoms with Crippen LogP contribution in [0.1, 0.15) is 43.0 Å². The first-order valence-electron chi connectivity index (χ1n) is 6.98. The van der Waals surface area contributed by atoms with Gasteiger partial charge in [0.2, 0.25) is 0 Å². The molecule has 3 rings (SSSR count). The zero-order valence-corrected chi connectivity index (χ0v) is 12.1. The second kappa shape index (κ2) is 5.47. The molecule has 1 saturated carbocycles. The number of aromatic nitrogens is 1. The average molecular weight is 276 g/mol. The first kappa shape index (κ1) is 12.9. The summed E-state index contributed by atoms with van der Waals surface area (Å²) in [5.74, 6) is 1.33. The molecule has 2 atom stereocenters. The van der Waals surface area contributed by atoms with E-state index in [9.17, 15) is 0 Å². The smallest absolute Gasteiger partial charge is 0.120 e. The van der Waals surface area contributed by atoms with Crippen LogP contribution in [0.15, 0.2) is 18.2 Å². The van der Waals surface area contributed by atoms with Crippen molar-refractivity contribution in [3.63, 3.8) is 0 Å². The quantitative estimate of drug-likeness (QED) is 0.851. The van der Waals surface area contributed by atoms with E-state index in [0.29, 0.717) is 5.92 Å². The average Bonchev–Trinajstić information content (AvgIpc) is 2.72. The molecule has 1 heterocycles. The summed E-state index contributed by atoms with van der Waals surface area (Å²) in [6.45, 7) is 0. The minimum atomic E-state index is 0.268. The molecule has 0 spiro atoms. The molecule has 0 aliphatic heterocycles. The lowest BCUT2D eigenvalue weighted by Gasteiger charge is -2.18. The summed E-state index contributed by atoms with van der Waals surface area (Å²) < 4.78 is 6.47. The Hall–Kier alpha value is -1.13. The Kier molecular flexibility index (Phi) is 3.71. The Balaban J connectivity index is 1.95. The maximum atomic E-state index is 6.33. The molecular weight excluding hydrogens is 256 g/mol. The van der Waals surface area contributed by atoms with Gasteiger partial charge in [0.05, 0.1) is 22.3 Å². The van der Waals surface area contributed by atoms with Gasteiger partial charge in [-0.25, -0.2) is 4.98 Å². The molecule has 1 aromatic carbocycles. The van der Waals surface area contributed by atoms with Crippen LogP contribution in [0.3, 0.4) is 0 Å². The van der Waals surface area contributed by atoms with Gasteiger partial charge in [0.1, 0.15) is 5.75 Å². The molecule has 19 heavy (non-hydrogen) atoms. The molecule has 3 nitrogen and oxygen atoms in total. The Morgan fingerprint density at radius 3 is 2.95 bits per heavy atom. The molecular formula is C15H20N2OS. The first-order valence-corrected chi connectivity index (χ1v) is 7.79. The van der Waals surface area contributed by atoms with E-state index in [1.165, 1.54) is 35.4 Å². The van der Waals surface area contributed by atoms with Crippen LogP contribution < -0.4 is 10.5 Å². The van der Waals surface area contributed by atoms with Crippen molar-refractivity contribution in [3.05, 3.63) is 23.2 Å². The molecule has 0 radical (unpaired) electrons. The van der Waals surface area contributed by atoms with E-state index in [4.69, 9.17) is 15.5 Å². The zero-order chi connectivity index (χ0) is 13.2. The van der Waals surface area contributed by atoms with Crippen LogP contribution in [0.25, 0.3) is 10.2 Å². The summed E-state index contributed by atoms with van der Waals surface area (Å²) in [5, 5.41) is 1.21. The van der Waals surface area contributed by atoms with Crippen molar-refractivity contribution in [2.45, 2.75) is 44.1 Å². The van der Waals surface area contributed by atoms with Crippen LogP contribution in [-0.2, 0) is 0 Å². The molecule has 2 N–H and O–H groups in total. The largest absolute Gasteiger partial charge is 0.497 e. The van der Waals surface area contributed by atoms with Crippen LogP contribution in [0.2, 0.25) is 0 Å². The third-order valence-electron chi connectivity index (χ3n) is 4.00. The zero-order valence-electron chi connectivity index (χ0n) is 11.3. The second-order valence-corrected chi connectivity index (χ2v) is 6.36. The molecule has 1 aliphatic carbocycles. The van der Waals surface area contributed by atoms with Crippen molar-refractivity contribution in [1.82, 2.24) is 4.98 Å². The topological polar surface area (TPSA) is 48.1 Å². The van der Waals surface area contributed by atoms with Crippen LogP contribution in [-0.4, -0.2) is 18.1 Å². The third kappa shape index (κ3) is 2.60. The molecule has 102 valence electrons. The molecule has 1 aromatic heterocycles. The van der Waals surface area contributed by atoms with Gasteiger partial charge in [-0.1, -0.05) is 19.3 Å². The number of methoxy groups -OCH3 is 1. The van der Waals surface area contributed by atoms with Crippen molar-refractivity contribution in [1.29, 1.82) is 0 Å². The number of hydrogen-bond acceptors (Lipinski definition) is 4. The predicted octanol–water partition coefficient (Wildman–Crippen LogP) is 3.68. The monoisotopic (exact) mass is 276 g/mol. The maximum absolute atomic E-state index is 6.33. The molecule has 4 heteroatoms. The first-order chi connectivity index (χ1) is 9.28. The van der Waals surface area contributed by atoms with Crippen molar-refractivity contribution in [2.75, 3.05) is 7.11 Å².